The van der Waals surface area contributed by atoms with Gasteiger partial charge < -0.3 is 18.9 Å². The van der Waals surface area contributed by atoms with E-state index in [0.717, 1.165) is 6.42 Å². The van der Waals surface area contributed by atoms with E-state index in [1.54, 1.807) is 14.0 Å². The Hall–Kier alpha value is -0.810. The third kappa shape index (κ3) is 8.20. The monoisotopic (exact) mass is 220 g/mol. The van der Waals surface area contributed by atoms with Crippen LogP contribution in [-0.4, -0.2) is 45.8 Å². The van der Waals surface area contributed by atoms with E-state index in [4.69, 9.17) is 14.2 Å². The summed E-state index contributed by atoms with van der Waals surface area (Å²) >= 11 is 0. The van der Waals surface area contributed by atoms with Gasteiger partial charge in [-0.1, -0.05) is 6.92 Å². The second-order valence-corrected chi connectivity index (χ2v) is 2.87. The highest BCUT2D eigenvalue weighted by atomic mass is 16.7. The summed E-state index contributed by atoms with van der Waals surface area (Å²) in [4.78, 5) is 10.7. The molecular weight excluding hydrogens is 200 g/mol. The third-order valence-corrected chi connectivity index (χ3v) is 1.80. The van der Waals surface area contributed by atoms with E-state index in [2.05, 4.69) is 4.74 Å². The van der Waals surface area contributed by atoms with Crippen molar-refractivity contribution in [1.29, 1.82) is 0 Å². The normalized spacial score (nSPS) is 12.2. The summed E-state index contributed by atoms with van der Waals surface area (Å²) < 4.78 is 19.6. The molecule has 0 radical (unpaired) electrons. The maximum absolute atomic E-state index is 10.7. The van der Waals surface area contributed by atoms with Gasteiger partial charge in [-0.05, 0) is 13.3 Å². The van der Waals surface area contributed by atoms with Crippen molar-refractivity contribution in [3.05, 3.63) is 0 Å². The van der Waals surface area contributed by atoms with Crippen LogP contribution in [0.1, 0.15) is 20.3 Å². The minimum atomic E-state index is -0.653. The summed E-state index contributed by atoms with van der Waals surface area (Å²) in [5.41, 5.74) is 0. The van der Waals surface area contributed by atoms with Gasteiger partial charge in [0.15, 0.2) is 0 Å². The molecule has 5 heteroatoms. The molecule has 0 fully saturated rings. The Labute approximate surface area is 90.6 Å². The number of ether oxygens (including phenoxy) is 4. The van der Waals surface area contributed by atoms with Crippen molar-refractivity contribution < 1.29 is 23.7 Å². The zero-order valence-corrected chi connectivity index (χ0v) is 9.65. The van der Waals surface area contributed by atoms with E-state index in [9.17, 15) is 4.79 Å². The average molecular weight is 220 g/mol. The fourth-order valence-electron chi connectivity index (χ4n) is 0.911. The predicted molar refractivity (Wildman–Crippen MR) is 54.9 cm³/mol. The molecule has 15 heavy (non-hydrogen) atoms. The molecule has 0 spiro atoms. The molecule has 0 aliphatic carbocycles. The number of hydrogen-bond acceptors (Lipinski definition) is 5. The Morgan fingerprint density at radius 3 is 2.47 bits per heavy atom. The SMILES string of the molecule is CCOC(=O)OCCOCC(CC)OC. The molecule has 0 aromatic rings. The molecule has 90 valence electrons. The summed E-state index contributed by atoms with van der Waals surface area (Å²) in [6, 6.07) is 0. The van der Waals surface area contributed by atoms with Gasteiger partial charge in [-0.2, -0.15) is 0 Å². The fourth-order valence-corrected chi connectivity index (χ4v) is 0.911. The standard InChI is InChI=1S/C10H20O5/c1-4-9(12-3)8-13-6-7-15-10(11)14-5-2/h9H,4-8H2,1-3H3. The summed E-state index contributed by atoms with van der Waals surface area (Å²) in [6.45, 7) is 5.15. The van der Waals surface area contributed by atoms with Crippen LogP contribution in [-0.2, 0) is 18.9 Å². The number of carbonyl (C=O) groups excluding carboxylic acids is 1. The second kappa shape index (κ2) is 9.73. The maximum atomic E-state index is 10.7. The Kier molecular flexibility index (Phi) is 9.21. The molecule has 0 aromatic carbocycles. The van der Waals surface area contributed by atoms with Crippen LogP contribution in [0.4, 0.5) is 4.79 Å². The third-order valence-electron chi connectivity index (χ3n) is 1.80. The predicted octanol–water partition coefficient (Wildman–Crippen LogP) is 1.60. The van der Waals surface area contributed by atoms with Crippen molar-refractivity contribution in [1.82, 2.24) is 0 Å². The molecule has 0 saturated heterocycles. The summed E-state index contributed by atoms with van der Waals surface area (Å²) in [5.74, 6) is 0. The molecule has 1 unspecified atom stereocenters. The number of methoxy groups -OCH3 is 1. The van der Waals surface area contributed by atoms with Gasteiger partial charge >= 0.3 is 6.16 Å². The smallest absolute Gasteiger partial charge is 0.435 e. The molecule has 0 rings (SSSR count). The zero-order valence-electron chi connectivity index (χ0n) is 9.65. The van der Waals surface area contributed by atoms with Crippen LogP contribution in [0.2, 0.25) is 0 Å². The fraction of sp³-hybridized carbons (Fsp3) is 0.900. The molecule has 0 bridgehead atoms. The summed E-state index contributed by atoms with van der Waals surface area (Å²) in [6.07, 6.45) is 0.349. The van der Waals surface area contributed by atoms with Crippen molar-refractivity contribution >= 4 is 6.16 Å². The zero-order chi connectivity index (χ0) is 11.5. The van der Waals surface area contributed by atoms with Crippen molar-refractivity contribution in [3.8, 4) is 0 Å². The topological polar surface area (TPSA) is 54.0 Å². The van der Waals surface area contributed by atoms with Crippen LogP contribution in [0.3, 0.4) is 0 Å². The van der Waals surface area contributed by atoms with E-state index < -0.39 is 6.16 Å². The average Bonchev–Trinajstić information content (AvgIpc) is 2.24. The van der Waals surface area contributed by atoms with Crippen LogP contribution < -0.4 is 0 Å². The Morgan fingerprint density at radius 1 is 1.20 bits per heavy atom. The lowest BCUT2D eigenvalue weighted by Gasteiger charge is -2.12. The van der Waals surface area contributed by atoms with Gasteiger partial charge in [0.1, 0.15) is 6.61 Å². The molecule has 0 heterocycles. The first kappa shape index (κ1) is 14.2. The Balaban J connectivity index is 3.27. The van der Waals surface area contributed by atoms with Crippen molar-refractivity contribution in [2.24, 2.45) is 0 Å². The van der Waals surface area contributed by atoms with Crippen molar-refractivity contribution in [2.45, 2.75) is 26.4 Å². The molecule has 1 atom stereocenters. The lowest BCUT2D eigenvalue weighted by molar-refractivity contribution is -0.0140. The molecule has 0 aromatic heterocycles. The number of carbonyl (C=O) groups is 1. The molecule has 0 aliphatic rings. The second-order valence-electron chi connectivity index (χ2n) is 2.87. The largest absolute Gasteiger partial charge is 0.508 e. The van der Waals surface area contributed by atoms with Crippen LogP contribution in [0.25, 0.3) is 0 Å². The Morgan fingerprint density at radius 2 is 1.93 bits per heavy atom. The highest BCUT2D eigenvalue weighted by Gasteiger charge is 2.05. The molecule has 5 nitrogen and oxygen atoms in total. The van der Waals surface area contributed by atoms with Crippen LogP contribution >= 0.6 is 0 Å². The summed E-state index contributed by atoms with van der Waals surface area (Å²) in [5, 5.41) is 0. The first-order chi connectivity index (χ1) is 7.24. The van der Waals surface area contributed by atoms with E-state index in [1.165, 1.54) is 0 Å². The quantitative estimate of drug-likeness (QED) is 0.459. The van der Waals surface area contributed by atoms with Gasteiger partial charge in [-0.3, -0.25) is 0 Å². The van der Waals surface area contributed by atoms with E-state index in [-0.39, 0.29) is 12.7 Å². The number of rotatable bonds is 8. The molecular formula is C10H20O5. The van der Waals surface area contributed by atoms with Crippen molar-refractivity contribution in [2.75, 3.05) is 33.5 Å². The van der Waals surface area contributed by atoms with E-state index in [1.807, 2.05) is 6.92 Å². The van der Waals surface area contributed by atoms with Crippen LogP contribution in [0, 0.1) is 0 Å². The lowest BCUT2D eigenvalue weighted by atomic mass is 10.3. The first-order valence-corrected chi connectivity index (χ1v) is 5.14. The van der Waals surface area contributed by atoms with Gasteiger partial charge in [0, 0.05) is 7.11 Å². The van der Waals surface area contributed by atoms with E-state index >= 15 is 0 Å². The summed E-state index contributed by atoms with van der Waals surface area (Å²) in [7, 11) is 1.65. The van der Waals surface area contributed by atoms with Gasteiger partial charge in [-0.25, -0.2) is 4.79 Å². The van der Waals surface area contributed by atoms with E-state index in [0.29, 0.717) is 19.8 Å². The van der Waals surface area contributed by atoms with Gasteiger partial charge in [-0.15, -0.1) is 0 Å². The maximum Gasteiger partial charge on any atom is 0.508 e. The number of hydrogen-bond donors (Lipinski definition) is 0. The van der Waals surface area contributed by atoms with Crippen molar-refractivity contribution in [3.63, 3.8) is 0 Å². The molecule has 0 saturated carbocycles. The molecule has 0 amide bonds. The van der Waals surface area contributed by atoms with Gasteiger partial charge in [0.05, 0.1) is 25.9 Å². The van der Waals surface area contributed by atoms with Crippen LogP contribution in [0.15, 0.2) is 0 Å². The molecule has 0 aliphatic heterocycles. The Bertz CT molecular complexity index is 156. The van der Waals surface area contributed by atoms with Gasteiger partial charge in [0.2, 0.25) is 0 Å². The molecule has 0 N–H and O–H groups in total. The highest BCUT2D eigenvalue weighted by molar-refractivity contribution is 5.59. The van der Waals surface area contributed by atoms with Crippen LogP contribution in [0.5, 0.6) is 0 Å². The minimum absolute atomic E-state index is 0.104. The van der Waals surface area contributed by atoms with Gasteiger partial charge in [0.25, 0.3) is 0 Å². The lowest BCUT2D eigenvalue weighted by Crippen LogP contribution is -2.19. The minimum Gasteiger partial charge on any atom is -0.435 e. The highest BCUT2D eigenvalue weighted by Crippen LogP contribution is 1.96. The first-order valence-electron chi connectivity index (χ1n) is 5.14.